The molecule has 3 rings (SSSR count). The number of carbonyl (C=O) groups excluding carboxylic acids is 1. The first-order chi connectivity index (χ1) is 7.33. The first-order valence-corrected chi connectivity index (χ1v) is 5.46. The van der Waals surface area contributed by atoms with E-state index in [4.69, 9.17) is 0 Å². The molecule has 3 nitrogen and oxygen atoms in total. The lowest BCUT2D eigenvalue weighted by Crippen LogP contribution is -2.08. The average Bonchev–Trinajstić information content (AvgIpc) is 2.82. The molecule has 1 amide bonds. The van der Waals surface area contributed by atoms with Crippen LogP contribution in [-0.4, -0.2) is 19.0 Å². The summed E-state index contributed by atoms with van der Waals surface area (Å²) in [5.41, 5.74) is 3.52. The van der Waals surface area contributed by atoms with Gasteiger partial charge in [-0.15, -0.1) is 0 Å². The summed E-state index contributed by atoms with van der Waals surface area (Å²) in [6.07, 6.45) is 1.75. The number of benzene rings is 1. The molecule has 0 saturated carbocycles. The highest BCUT2D eigenvalue weighted by atomic mass is 16.1. The molecule has 0 aliphatic carbocycles. The van der Waals surface area contributed by atoms with Crippen molar-refractivity contribution in [1.82, 2.24) is 5.32 Å². The van der Waals surface area contributed by atoms with Gasteiger partial charge < -0.3 is 10.6 Å². The second-order valence-electron chi connectivity index (χ2n) is 4.33. The molecule has 78 valence electrons. The van der Waals surface area contributed by atoms with Gasteiger partial charge >= 0.3 is 0 Å². The van der Waals surface area contributed by atoms with E-state index >= 15 is 0 Å². The smallest absolute Gasteiger partial charge is 0.228 e. The zero-order valence-electron chi connectivity index (χ0n) is 8.55. The van der Waals surface area contributed by atoms with Gasteiger partial charge in [0, 0.05) is 12.2 Å². The van der Waals surface area contributed by atoms with Crippen molar-refractivity contribution in [3.05, 3.63) is 29.3 Å². The minimum absolute atomic E-state index is 0.117. The maximum atomic E-state index is 11.2. The summed E-state index contributed by atoms with van der Waals surface area (Å²) in [5, 5.41) is 6.23. The van der Waals surface area contributed by atoms with Gasteiger partial charge in [-0.25, -0.2) is 0 Å². The monoisotopic (exact) mass is 202 g/mol. The van der Waals surface area contributed by atoms with E-state index in [0.717, 1.165) is 24.3 Å². The zero-order chi connectivity index (χ0) is 10.3. The Bertz CT molecular complexity index is 408. The van der Waals surface area contributed by atoms with Gasteiger partial charge in [-0.05, 0) is 36.1 Å². The highest BCUT2D eigenvalue weighted by Gasteiger charge is 2.21. The molecule has 1 aromatic rings. The molecule has 2 aliphatic heterocycles. The van der Waals surface area contributed by atoms with Crippen molar-refractivity contribution in [3.63, 3.8) is 0 Å². The van der Waals surface area contributed by atoms with Crippen molar-refractivity contribution in [3.8, 4) is 0 Å². The summed E-state index contributed by atoms with van der Waals surface area (Å²) in [4.78, 5) is 11.2. The zero-order valence-corrected chi connectivity index (χ0v) is 8.55. The molecule has 0 aromatic heterocycles. The summed E-state index contributed by atoms with van der Waals surface area (Å²) in [7, 11) is 0. The third-order valence-corrected chi connectivity index (χ3v) is 3.29. The van der Waals surface area contributed by atoms with Gasteiger partial charge in [-0.2, -0.15) is 0 Å². The molecular formula is C12H14N2O. The Morgan fingerprint density at radius 1 is 1.33 bits per heavy atom. The first-order valence-electron chi connectivity index (χ1n) is 5.46. The van der Waals surface area contributed by atoms with Crippen LogP contribution in [0.5, 0.6) is 0 Å². The molecule has 0 spiro atoms. The third kappa shape index (κ3) is 1.53. The van der Waals surface area contributed by atoms with Gasteiger partial charge in [-0.1, -0.05) is 12.1 Å². The molecule has 1 saturated heterocycles. The van der Waals surface area contributed by atoms with Crippen LogP contribution in [0.3, 0.4) is 0 Å². The van der Waals surface area contributed by atoms with Crippen LogP contribution in [0.1, 0.15) is 23.5 Å². The predicted molar refractivity (Wildman–Crippen MR) is 59.0 cm³/mol. The maximum absolute atomic E-state index is 11.2. The van der Waals surface area contributed by atoms with E-state index in [-0.39, 0.29) is 5.91 Å². The molecule has 1 aromatic carbocycles. The molecule has 1 atom stereocenters. The molecule has 1 unspecified atom stereocenters. The largest absolute Gasteiger partial charge is 0.326 e. The topological polar surface area (TPSA) is 41.1 Å². The summed E-state index contributed by atoms with van der Waals surface area (Å²) in [5.74, 6) is 0.748. The Balaban J connectivity index is 1.92. The summed E-state index contributed by atoms with van der Waals surface area (Å²) >= 11 is 0. The van der Waals surface area contributed by atoms with Crippen LogP contribution in [0.25, 0.3) is 0 Å². The van der Waals surface area contributed by atoms with E-state index in [1.165, 1.54) is 12.0 Å². The van der Waals surface area contributed by atoms with Gasteiger partial charge in [0.15, 0.2) is 0 Å². The average molecular weight is 202 g/mol. The van der Waals surface area contributed by atoms with Crippen LogP contribution in [-0.2, 0) is 11.2 Å². The van der Waals surface area contributed by atoms with Crippen molar-refractivity contribution in [2.24, 2.45) is 0 Å². The molecule has 3 heteroatoms. The van der Waals surface area contributed by atoms with Crippen molar-refractivity contribution >= 4 is 11.6 Å². The lowest BCUT2D eigenvalue weighted by atomic mass is 9.96. The van der Waals surface area contributed by atoms with E-state index in [9.17, 15) is 4.79 Å². The Morgan fingerprint density at radius 2 is 2.27 bits per heavy atom. The highest BCUT2D eigenvalue weighted by molar-refractivity contribution is 5.99. The van der Waals surface area contributed by atoms with Gasteiger partial charge in [0.1, 0.15) is 0 Å². The van der Waals surface area contributed by atoms with E-state index in [2.05, 4.69) is 22.8 Å². The standard InChI is InChI=1S/C12H14N2O/c15-12-6-10-5-8(1-2-11(10)14-12)9-3-4-13-7-9/h1-2,5,9,13H,3-4,6-7H2,(H,14,15). The maximum Gasteiger partial charge on any atom is 0.228 e. The van der Waals surface area contributed by atoms with Crippen LogP contribution >= 0.6 is 0 Å². The summed E-state index contributed by atoms with van der Waals surface area (Å²) < 4.78 is 0. The number of rotatable bonds is 1. The normalized spacial score (nSPS) is 24.0. The molecule has 0 bridgehead atoms. The van der Waals surface area contributed by atoms with Gasteiger partial charge in [0.05, 0.1) is 6.42 Å². The minimum Gasteiger partial charge on any atom is -0.326 e. The molecular weight excluding hydrogens is 188 g/mol. The summed E-state index contributed by atoms with van der Waals surface area (Å²) in [6, 6.07) is 6.36. The molecule has 2 heterocycles. The number of amides is 1. The van der Waals surface area contributed by atoms with Crippen molar-refractivity contribution < 1.29 is 4.79 Å². The van der Waals surface area contributed by atoms with Crippen LogP contribution in [0, 0.1) is 0 Å². The predicted octanol–water partition coefficient (Wildman–Crippen LogP) is 1.26. The highest BCUT2D eigenvalue weighted by Crippen LogP contribution is 2.29. The van der Waals surface area contributed by atoms with Gasteiger partial charge in [0.25, 0.3) is 0 Å². The van der Waals surface area contributed by atoms with Crippen LogP contribution in [0.15, 0.2) is 18.2 Å². The second kappa shape index (κ2) is 3.35. The lowest BCUT2D eigenvalue weighted by molar-refractivity contribution is -0.115. The fourth-order valence-corrected chi connectivity index (χ4v) is 2.44. The number of nitrogens with one attached hydrogen (secondary N) is 2. The fraction of sp³-hybridized carbons (Fsp3) is 0.417. The second-order valence-corrected chi connectivity index (χ2v) is 4.33. The van der Waals surface area contributed by atoms with Crippen LogP contribution < -0.4 is 10.6 Å². The Morgan fingerprint density at radius 3 is 3.07 bits per heavy atom. The number of hydrogen-bond donors (Lipinski definition) is 2. The number of fused-ring (bicyclic) bond motifs is 1. The van der Waals surface area contributed by atoms with E-state index in [1.54, 1.807) is 0 Å². The molecule has 0 radical (unpaired) electrons. The number of hydrogen-bond acceptors (Lipinski definition) is 2. The molecule has 2 aliphatic rings. The van der Waals surface area contributed by atoms with Crippen molar-refractivity contribution in [2.75, 3.05) is 18.4 Å². The van der Waals surface area contributed by atoms with Gasteiger partial charge in [0.2, 0.25) is 5.91 Å². The quantitative estimate of drug-likeness (QED) is 0.719. The first kappa shape index (κ1) is 8.92. The third-order valence-electron chi connectivity index (χ3n) is 3.29. The Labute approximate surface area is 88.9 Å². The Kier molecular flexibility index (Phi) is 1.99. The Hall–Kier alpha value is -1.35. The number of anilines is 1. The SMILES string of the molecule is O=C1Cc2cc(C3CCNC3)ccc2N1. The van der Waals surface area contributed by atoms with Gasteiger partial charge in [-0.3, -0.25) is 4.79 Å². The molecule has 15 heavy (non-hydrogen) atoms. The van der Waals surface area contributed by atoms with Crippen LogP contribution in [0.4, 0.5) is 5.69 Å². The fourth-order valence-electron chi connectivity index (χ4n) is 2.44. The summed E-state index contributed by atoms with van der Waals surface area (Å²) in [6.45, 7) is 2.18. The van der Waals surface area contributed by atoms with Crippen molar-refractivity contribution in [2.45, 2.75) is 18.8 Å². The van der Waals surface area contributed by atoms with E-state index in [1.807, 2.05) is 6.07 Å². The minimum atomic E-state index is 0.117. The molecule has 1 fully saturated rings. The van der Waals surface area contributed by atoms with E-state index in [0.29, 0.717) is 12.3 Å². The molecule has 2 N–H and O–H groups in total. The number of carbonyl (C=O) groups is 1. The van der Waals surface area contributed by atoms with E-state index < -0.39 is 0 Å². The van der Waals surface area contributed by atoms with Crippen molar-refractivity contribution in [1.29, 1.82) is 0 Å². The van der Waals surface area contributed by atoms with Crippen LogP contribution in [0.2, 0.25) is 0 Å². The lowest BCUT2D eigenvalue weighted by Gasteiger charge is -2.10.